The van der Waals surface area contributed by atoms with Crippen LogP contribution in [0.2, 0.25) is 8.60 Å². The Morgan fingerprint density at radius 2 is 1.90 bits per heavy atom. The van der Waals surface area contributed by atoms with Crippen LogP contribution in [0.4, 0.5) is 0 Å². The Hall–Kier alpha value is 0.766. The second-order valence-electron chi connectivity index (χ2n) is 4.12. The van der Waals surface area contributed by atoms with Crippen molar-refractivity contribution in [3.63, 3.8) is 0 Å². The fraction of sp³-hybridized carbons (Fsp3) is 1.00. The molecule has 0 bridgehead atoms. The van der Waals surface area contributed by atoms with Crippen molar-refractivity contribution in [2.24, 2.45) is 5.92 Å². The molecule has 1 saturated carbocycles. The lowest BCUT2D eigenvalue weighted by molar-refractivity contribution is 0.717. The van der Waals surface area contributed by atoms with Crippen LogP contribution in [-0.4, -0.2) is 20.4 Å². The van der Waals surface area contributed by atoms with E-state index in [0.717, 1.165) is 5.92 Å². The first-order valence-electron chi connectivity index (χ1n) is 4.79. The van der Waals surface area contributed by atoms with Gasteiger partial charge in [0.2, 0.25) is 0 Å². The SMILES string of the molecule is CC(C)[CH2][Mg][CH]1CCCC1. The van der Waals surface area contributed by atoms with Gasteiger partial charge in [0.05, 0.1) is 0 Å². The van der Waals surface area contributed by atoms with E-state index in [0.29, 0.717) is 20.4 Å². The average Bonchev–Trinajstić information content (AvgIpc) is 2.34. The minimum absolute atomic E-state index is 0.340. The molecule has 0 saturated heterocycles. The summed E-state index contributed by atoms with van der Waals surface area (Å²) < 4.78 is 2.83. The van der Waals surface area contributed by atoms with E-state index in [2.05, 4.69) is 13.8 Å². The Morgan fingerprint density at radius 3 is 2.40 bits per heavy atom. The molecule has 10 heavy (non-hydrogen) atoms. The molecular weight excluding hydrogens is 132 g/mol. The van der Waals surface area contributed by atoms with Crippen LogP contribution in [0.15, 0.2) is 0 Å². The third-order valence-electron chi connectivity index (χ3n) is 2.63. The van der Waals surface area contributed by atoms with Crippen LogP contribution in [0.25, 0.3) is 0 Å². The van der Waals surface area contributed by atoms with Gasteiger partial charge in [0.1, 0.15) is 0 Å². The minimum Gasteiger partial charge on any atom is -0.143 e. The summed E-state index contributed by atoms with van der Waals surface area (Å²) in [6.07, 6.45) is 6.24. The first kappa shape index (κ1) is 8.86. The quantitative estimate of drug-likeness (QED) is 0.543. The van der Waals surface area contributed by atoms with Crippen molar-refractivity contribution >= 4 is 20.4 Å². The van der Waals surface area contributed by atoms with Gasteiger partial charge in [0.25, 0.3) is 0 Å². The maximum Gasteiger partial charge on any atom is 0.369 e. The number of rotatable bonds is 3. The highest BCUT2D eigenvalue weighted by atomic mass is 24.5. The van der Waals surface area contributed by atoms with Gasteiger partial charge in [0.15, 0.2) is 0 Å². The summed E-state index contributed by atoms with van der Waals surface area (Å²) >= 11 is 0.340. The molecule has 0 spiro atoms. The van der Waals surface area contributed by atoms with E-state index >= 15 is 0 Å². The lowest BCUT2D eigenvalue weighted by Gasteiger charge is -2.07. The molecule has 0 amide bonds. The van der Waals surface area contributed by atoms with Crippen molar-refractivity contribution in [1.29, 1.82) is 0 Å². The summed E-state index contributed by atoms with van der Waals surface area (Å²) in [5.41, 5.74) is 0. The molecule has 0 N–H and O–H groups in total. The van der Waals surface area contributed by atoms with E-state index in [1.165, 1.54) is 16.9 Å². The van der Waals surface area contributed by atoms with Crippen LogP contribution in [0.3, 0.4) is 0 Å². The molecule has 0 nitrogen and oxygen atoms in total. The molecule has 1 aliphatic carbocycles. The summed E-state index contributed by atoms with van der Waals surface area (Å²) in [7, 11) is 0. The van der Waals surface area contributed by atoms with Gasteiger partial charge >= 0.3 is 20.4 Å². The van der Waals surface area contributed by atoms with Crippen LogP contribution < -0.4 is 0 Å². The molecule has 0 unspecified atom stereocenters. The highest BCUT2D eigenvalue weighted by molar-refractivity contribution is 6.37. The van der Waals surface area contributed by atoms with Crippen LogP contribution in [0.5, 0.6) is 0 Å². The van der Waals surface area contributed by atoms with Gasteiger partial charge < -0.3 is 0 Å². The Kier molecular flexibility index (Phi) is 4.08. The van der Waals surface area contributed by atoms with E-state index < -0.39 is 0 Å². The molecule has 0 heterocycles. The molecule has 1 rings (SSSR count). The Bertz CT molecular complexity index is 82.7. The molecule has 0 atom stereocenters. The average molecular weight is 151 g/mol. The van der Waals surface area contributed by atoms with Gasteiger partial charge in [-0.1, -0.05) is 45.4 Å². The summed E-state index contributed by atoms with van der Waals surface area (Å²) in [5.74, 6) is 0.979. The zero-order valence-electron chi connectivity index (χ0n) is 7.40. The second kappa shape index (κ2) is 4.60. The first-order valence-corrected chi connectivity index (χ1v) is 6.60. The van der Waals surface area contributed by atoms with E-state index in [4.69, 9.17) is 0 Å². The fourth-order valence-electron chi connectivity index (χ4n) is 1.87. The van der Waals surface area contributed by atoms with Gasteiger partial charge in [-0.15, -0.1) is 8.60 Å². The van der Waals surface area contributed by atoms with Gasteiger partial charge in [0, 0.05) is 0 Å². The summed E-state index contributed by atoms with van der Waals surface area (Å²) in [6.45, 7) is 4.73. The van der Waals surface area contributed by atoms with Crippen molar-refractivity contribution in [2.75, 3.05) is 0 Å². The first-order chi connectivity index (χ1) is 4.79. The predicted molar refractivity (Wildman–Crippen MR) is 47.6 cm³/mol. The van der Waals surface area contributed by atoms with Crippen molar-refractivity contribution in [3.8, 4) is 0 Å². The molecule has 1 aliphatic rings. The Balaban J connectivity index is 2.01. The number of hydrogen-bond acceptors (Lipinski definition) is 0. The summed E-state index contributed by atoms with van der Waals surface area (Å²) in [6, 6.07) is 0. The highest BCUT2D eigenvalue weighted by Crippen LogP contribution is 2.30. The third-order valence-corrected chi connectivity index (χ3v) is 5.75. The number of hydrogen-bond donors (Lipinski definition) is 0. The molecule has 1 fully saturated rings. The lowest BCUT2D eigenvalue weighted by atomic mass is 10.3. The second-order valence-corrected chi connectivity index (χ2v) is 6.43. The van der Waals surface area contributed by atoms with Crippen LogP contribution in [-0.2, 0) is 0 Å². The molecule has 0 aliphatic heterocycles. The predicted octanol–water partition coefficient (Wildman–Crippen LogP) is 3.13. The zero-order chi connectivity index (χ0) is 7.40. The van der Waals surface area contributed by atoms with Gasteiger partial charge in [-0.3, -0.25) is 0 Å². The van der Waals surface area contributed by atoms with Crippen LogP contribution in [0, 0.1) is 5.92 Å². The van der Waals surface area contributed by atoms with E-state index in [9.17, 15) is 0 Å². The molecule has 0 aromatic carbocycles. The monoisotopic (exact) mass is 150 g/mol. The van der Waals surface area contributed by atoms with E-state index in [-0.39, 0.29) is 0 Å². The Morgan fingerprint density at radius 1 is 1.30 bits per heavy atom. The van der Waals surface area contributed by atoms with Gasteiger partial charge in [-0.2, -0.15) is 0 Å². The molecule has 0 aromatic rings. The molecule has 56 valence electrons. The maximum absolute atomic E-state index is 2.36. The standard InChI is InChI=1S/C5H9.C4H9.Mg/c1-2-4-5-3-1;1-4(2)3;/h1H,2-5H2;4H,1H2,2-3H3;. The molecule has 1 heteroatoms. The van der Waals surface area contributed by atoms with Crippen molar-refractivity contribution in [3.05, 3.63) is 0 Å². The zero-order valence-corrected chi connectivity index (χ0v) is 8.81. The smallest absolute Gasteiger partial charge is 0.143 e. The van der Waals surface area contributed by atoms with E-state index in [1.54, 1.807) is 17.4 Å². The van der Waals surface area contributed by atoms with Crippen LogP contribution in [0.1, 0.15) is 39.5 Å². The van der Waals surface area contributed by atoms with Crippen molar-refractivity contribution < 1.29 is 0 Å². The summed E-state index contributed by atoms with van der Waals surface area (Å²) in [4.78, 5) is 0. The van der Waals surface area contributed by atoms with E-state index in [1.807, 2.05) is 0 Å². The fourth-order valence-corrected chi connectivity index (χ4v) is 4.16. The lowest BCUT2D eigenvalue weighted by Crippen LogP contribution is -2.01. The topological polar surface area (TPSA) is 0 Å². The molecule has 0 aromatic heterocycles. The summed E-state index contributed by atoms with van der Waals surface area (Å²) in [5, 5.41) is 0. The van der Waals surface area contributed by atoms with Gasteiger partial charge in [-0.05, 0) is 0 Å². The van der Waals surface area contributed by atoms with Gasteiger partial charge in [-0.25, -0.2) is 0 Å². The maximum atomic E-state index is 2.36. The molecular formula is C9H18Mg. The molecule has 0 radical (unpaired) electrons. The Labute approximate surface area is 74.5 Å². The normalized spacial score (nSPS) is 19.9. The van der Waals surface area contributed by atoms with Crippen LogP contribution >= 0.6 is 0 Å². The van der Waals surface area contributed by atoms with Crippen molar-refractivity contribution in [2.45, 2.75) is 48.1 Å². The highest BCUT2D eigenvalue weighted by Gasteiger charge is 2.16. The van der Waals surface area contributed by atoms with Crippen molar-refractivity contribution in [1.82, 2.24) is 0 Å². The third kappa shape index (κ3) is 3.24. The minimum atomic E-state index is 0.340. The largest absolute Gasteiger partial charge is 0.369 e.